The molecule has 2 fully saturated rings. The van der Waals surface area contributed by atoms with Gasteiger partial charge in [0.1, 0.15) is 22.8 Å². The first-order valence-electron chi connectivity index (χ1n) is 14.3. The summed E-state index contributed by atoms with van der Waals surface area (Å²) in [4.78, 5) is 30.7. The summed E-state index contributed by atoms with van der Waals surface area (Å²) >= 11 is 1.65. The van der Waals surface area contributed by atoms with E-state index in [-0.39, 0.29) is 17.8 Å². The number of aromatic carboxylic acids is 1. The van der Waals surface area contributed by atoms with Gasteiger partial charge in [0.05, 0.1) is 46.0 Å². The molecule has 3 aromatic heterocycles. The van der Waals surface area contributed by atoms with Gasteiger partial charge in [-0.15, -0.1) is 11.3 Å². The number of para-hydroxylation sites is 1. The molecule has 0 amide bonds. The number of piperazine rings is 1. The molecule has 42 heavy (non-hydrogen) atoms. The van der Waals surface area contributed by atoms with Gasteiger partial charge in [0.2, 0.25) is 5.88 Å². The molecule has 2 aliphatic heterocycles. The number of rotatable bonds is 9. The first kappa shape index (κ1) is 26.8. The van der Waals surface area contributed by atoms with E-state index in [4.69, 9.17) is 24.4 Å². The Morgan fingerprint density at radius 3 is 2.64 bits per heavy atom. The summed E-state index contributed by atoms with van der Waals surface area (Å²) in [5.74, 6) is 1.50. The van der Waals surface area contributed by atoms with Crippen molar-refractivity contribution in [3.8, 4) is 5.88 Å². The zero-order chi connectivity index (χ0) is 28.6. The number of fused-ring (bicyclic) bond motifs is 2. The molecule has 0 bridgehead atoms. The molecular weight excluding hydrogens is 552 g/mol. The van der Waals surface area contributed by atoms with Crippen molar-refractivity contribution < 1.29 is 19.4 Å². The van der Waals surface area contributed by atoms with Gasteiger partial charge in [-0.05, 0) is 49.7 Å². The number of imidazole rings is 1. The molecule has 2 saturated heterocycles. The number of carboxylic acid groups (broad SMARTS) is 1. The van der Waals surface area contributed by atoms with Gasteiger partial charge in [0.25, 0.3) is 0 Å². The number of aromatic nitrogens is 4. The topological polar surface area (TPSA) is 106 Å². The second kappa shape index (κ2) is 11.3. The molecule has 0 spiro atoms. The number of nitrogens with zero attached hydrogens (tertiary/aromatic N) is 6. The maximum Gasteiger partial charge on any atom is 0.335 e. The number of benzene rings is 2. The SMILES string of the molecule is CC(Oc1cccc(N2CCN(Cc3nc4ccc(C(=O)O)cc4n3C[C@@H]3CCO3)CC2)n1)c1nc2ccccc2s1. The molecule has 2 aliphatic rings. The first-order chi connectivity index (χ1) is 20.5. The lowest BCUT2D eigenvalue weighted by molar-refractivity contribution is -0.0592. The Morgan fingerprint density at radius 2 is 1.88 bits per heavy atom. The Labute approximate surface area is 247 Å². The molecule has 0 saturated carbocycles. The highest BCUT2D eigenvalue weighted by atomic mass is 32.1. The van der Waals surface area contributed by atoms with Crippen LogP contribution in [0.3, 0.4) is 0 Å². The van der Waals surface area contributed by atoms with Crippen molar-refractivity contribution in [3.05, 3.63) is 77.1 Å². The van der Waals surface area contributed by atoms with Crippen molar-refractivity contribution in [1.29, 1.82) is 0 Å². The quantitative estimate of drug-likeness (QED) is 0.256. The number of anilines is 1. The summed E-state index contributed by atoms with van der Waals surface area (Å²) in [5.41, 5.74) is 2.92. The maximum atomic E-state index is 11.6. The largest absolute Gasteiger partial charge is 0.478 e. The van der Waals surface area contributed by atoms with E-state index in [0.717, 1.165) is 77.1 Å². The van der Waals surface area contributed by atoms with Crippen LogP contribution < -0.4 is 9.64 Å². The van der Waals surface area contributed by atoms with E-state index in [1.165, 1.54) is 0 Å². The van der Waals surface area contributed by atoms with Crippen LogP contribution in [0.2, 0.25) is 0 Å². The van der Waals surface area contributed by atoms with Crippen molar-refractivity contribution in [2.24, 2.45) is 0 Å². The lowest BCUT2D eigenvalue weighted by Crippen LogP contribution is -2.46. The Kier molecular flexibility index (Phi) is 7.22. The number of carbonyl (C=O) groups is 1. The number of ether oxygens (including phenoxy) is 2. The van der Waals surface area contributed by atoms with Crippen LogP contribution in [0.25, 0.3) is 21.3 Å². The molecule has 0 radical (unpaired) electrons. The van der Waals surface area contributed by atoms with Gasteiger partial charge in [-0.2, -0.15) is 4.98 Å². The average Bonchev–Trinajstić information content (AvgIpc) is 3.56. The summed E-state index contributed by atoms with van der Waals surface area (Å²) in [6, 6.07) is 19.2. The lowest BCUT2D eigenvalue weighted by atomic mass is 10.1. The molecule has 2 aromatic carbocycles. The second-order valence-electron chi connectivity index (χ2n) is 10.8. The van der Waals surface area contributed by atoms with E-state index >= 15 is 0 Å². The minimum atomic E-state index is -0.934. The highest BCUT2D eigenvalue weighted by Crippen LogP contribution is 2.30. The number of thiazole rings is 1. The van der Waals surface area contributed by atoms with E-state index in [2.05, 4.69) is 20.4 Å². The van der Waals surface area contributed by atoms with E-state index in [1.54, 1.807) is 29.5 Å². The van der Waals surface area contributed by atoms with Crippen LogP contribution in [0.15, 0.2) is 60.7 Å². The number of hydrogen-bond donors (Lipinski definition) is 1. The molecule has 1 N–H and O–H groups in total. The predicted molar refractivity (Wildman–Crippen MR) is 161 cm³/mol. The van der Waals surface area contributed by atoms with Crippen molar-refractivity contribution in [3.63, 3.8) is 0 Å². The number of hydrogen-bond acceptors (Lipinski definition) is 9. The monoisotopic (exact) mass is 584 g/mol. The van der Waals surface area contributed by atoms with Crippen molar-refractivity contribution in [2.45, 2.75) is 38.6 Å². The summed E-state index contributed by atoms with van der Waals surface area (Å²) < 4.78 is 15.2. The average molecular weight is 585 g/mol. The van der Waals surface area contributed by atoms with Gasteiger partial charge in [0, 0.05) is 38.9 Å². The zero-order valence-corrected chi connectivity index (χ0v) is 24.2. The fourth-order valence-electron chi connectivity index (χ4n) is 5.54. The zero-order valence-electron chi connectivity index (χ0n) is 23.3. The molecule has 2 atom stereocenters. The maximum absolute atomic E-state index is 11.6. The Morgan fingerprint density at radius 1 is 1.05 bits per heavy atom. The van der Waals surface area contributed by atoms with E-state index < -0.39 is 5.97 Å². The molecule has 5 aromatic rings. The fourth-order valence-corrected chi connectivity index (χ4v) is 6.49. The molecule has 7 rings (SSSR count). The van der Waals surface area contributed by atoms with E-state index in [0.29, 0.717) is 19.0 Å². The summed E-state index contributed by atoms with van der Waals surface area (Å²) in [6.07, 6.45) is 0.952. The normalized spacial score (nSPS) is 18.3. The van der Waals surface area contributed by atoms with Gasteiger partial charge in [0.15, 0.2) is 0 Å². The first-order valence-corrected chi connectivity index (χ1v) is 15.1. The van der Waals surface area contributed by atoms with Gasteiger partial charge in [-0.3, -0.25) is 4.90 Å². The fraction of sp³-hybridized carbons (Fsp3) is 0.355. The van der Waals surface area contributed by atoms with Crippen LogP contribution in [-0.4, -0.2) is 74.4 Å². The summed E-state index contributed by atoms with van der Waals surface area (Å²) in [7, 11) is 0. The Hall–Kier alpha value is -4.06. The highest BCUT2D eigenvalue weighted by molar-refractivity contribution is 7.18. The van der Waals surface area contributed by atoms with E-state index in [1.807, 2.05) is 43.3 Å². The predicted octanol–water partition coefficient (Wildman–Crippen LogP) is 4.99. The molecule has 10 nitrogen and oxygen atoms in total. The van der Waals surface area contributed by atoms with E-state index in [9.17, 15) is 9.90 Å². The summed E-state index contributed by atoms with van der Waals surface area (Å²) in [5, 5.41) is 10.5. The highest BCUT2D eigenvalue weighted by Gasteiger charge is 2.25. The second-order valence-corrected chi connectivity index (χ2v) is 11.9. The molecule has 11 heteroatoms. The van der Waals surface area contributed by atoms with Gasteiger partial charge >= 0.3 is 5.97 Å². The third-order valence-electron chi connectivity index (χ3n) is 7.98. The van der Waals surface area contributed by atoms with Crippen LogP contribution in [0.4, 0.5) is 5.82 Å². The lowest BCUT2D eigenvalue weighted by Gasteiger charge is -2.35. The van der Waals surface area contributed by atoms with Crippen LogP contribution in [-0.2, 0) is 17.8 Å². The van der Waals surface area contributed by atoms with Gasteiger partial charge < -0.3 is 24.0 Å². The molecule has 1 unspecified atom stereocenters. The van der Waals surface area contributed by atoms with Crippen molar-refractivity contribution in [1.82, 2.24) is 24.4 Å². The van der Waals surface area contributed by atoms with Crippen LogP contribution >= 0.6 is 11.3 Å². The molecule has 5 heterocycles. The molecular formula is C31H32N6O4S. The smallest absolute Gasteiger partial charge is 0.335 e. The summed E-state index contributed by atoms with van der Waals surface area (Å²) in [6.45, 7) is 7.54. The Bertz CT molecular complexity index is 1710. The minimum absolute atomic E-state index is 0.143. The molecule has 0 aliphatic carbocycles. The van der Waals surface area contributed by atoms with Crippen LogP contribution in [0.1, 0.15) is 40.6 Å². The van der Waals surface area contributed by atoms with Gasteiger partial charge in [-0.1, -0.05) is 18.2 Å². The van der Waals surface area contributed by atoms with Crippen molar-refractivity contribution >= 4 is 44.4 Å². The van der Waals surface area contributed by atoms with Crippen molar-refractivity contribution in [2.75, 3.05) is 37.7 Å². The standard InChI is InChI=1S/C31H32N6O4S/c1-20(30-33-24-5-2-3-6-26(24)42-30)41-29-8-4-7-27(34-29)36-14-12-35(13-15-36)19-28-32-23-10-9-21(31(38)39)17-25(23)37(28)18-22-11-16-40-22/h2-10,17,20,22H,11-16,18-19H2,1H3,(H,38,39)/t20?,22-/m0/s1. The Balaban J connectivity index is 1.02. The third-order valence-corrected chi connectivity index (χ3v) is 9.18. The van der Waals surface area contributed by atoms with Crippen LogP contribution in [0, 0.1) is 0 Å². The molecule has 216 valence electrons. The van der Waals surface area contributed by atoms with Crippen LogP contribution in [0.5, 0.6) is 5.88 Å². The number of carboxylic acids is 1. The van der Waals surface area contributed by atoms with Gasteiger partial charge in [-0.25, -0.2) is 14.8 Å². The third kappa shape index (κ3) is 5.42. The minimum Gasteiger partial charge on any atom is -0.478 e. The number of pyridine rings is 1.